The molecule has 0 aliphatic heterocycles. The van der Waals surface area contributed by atoms with Gasteiger partial charge in [-0.3, -0.25) is 0 Å². The molecule has 0 bridgehead atoms. The third-order valence-corrected chi connectivity index (χ3v) is 4.69. The minimum Gasteiger partial charge on any atom is -0.354 e. The number of aromatic nitrogens is 2. The van der Waals surface area contributed by atoms with E-state index in [9.17, 15) is 0 Å². The minimum absolute atomic E-state index is 0.702. The number of halogens is 2. The third-order valence-electron chi connectivity index (χ3n) is 3.66. The summed E-state index contributed by atoms with van der Waals surface area (Å²) in [5, 5.41) is 8.12. The van der Waals surface area contributed by atoms with Gasteiger partial charge in [0.15, 0.2) is 0 Å². The van der Waals surface area contributed by atoms with Gasteiger partial charge in [0.1, 0.15) is 11.0 Å². The van der Waals surface area contributed by atoms with Gasteiger partial charge in [0.2, 0.25) is 0 Å². The van der Waals surface area contributed by atoms with Crippen molar-refractivity contribution in [1.82, 2.24) is 8.75 Å². The molecule has 0 unspecified atom stereocenters. The van der Waals surface area contributed by atoms with Gasteiger partial charge in [0.25, 0.3) is 0 Å². The monoisotopic (exact) mass is 386 g/mol. The zero-order valence-electron chi connectivity index (χ0n) is 12.8. The number of hydrogen-bond acceptors (Lipinski definition) is 5. The van der Waals surface area contributed by atoms with Gasteiger partial charge >= 0.3 is 0 Å². The van der Waals surface area contributed by atoms with Crippen LogP contribution in [0.25, 0.3) is 11.0 Å². The average Bonchev–Trinajstić information content (AvgIpc) is 3.11. The molecule has 0 amide bonds. The van der Waals surface area contributed by atoms with E-state index in [1.807, 2.05) is 60.7 Å². The highest BCUT2D eigenvalue weighted by Gasteiger charge is 2.11. The molecule has 0 atom stereocenters. The van der Waals surface area contributed by atoms with Crippen molar-refractivity contribution >= 4 is 68.7 Å². The van der Waals surface area contributed by atoms with Crippen molar-refractivity contribution in [3.05, 3.63) is 70.7 Å². The second kappa shape index (κ2) is 6.88. The summed E-state index contributed by atoms with van der Waals surface area (Å²) in [7, 11) is 0. The van der Waals surface area contributed by atoms with Crippen molar-refractivity contribution in [2.24, 2.45) is 0 Å². The minimum atomic E-state index is 0.702. The predicted octanol–water partition coefficient (Wildman–Crippen LogP) is 6.49. The maximum atomic E-state index is 5.93. The maximum Gasteiger partial charge on any atom is 0.130 e. The first-order chi connectivity index (χ1) is 12.2. The van der Waals surface area contributed by atoms with Crippen molar-refractivity contribution < 1.29 is 0 Å². The molecule has 4 aromatic rings. The Labute approximate surface area is 158 Å². The number of fused-ring (bicyclic) bond motifs is 1. The van der Waals surface area contributed by atoms with E-state index in [1.165, 1.54) is 11.7 Å². The summed E-state index contributed by atoms with van der Waals surface area (Å²) in [5.41, 5.74) is 5.31. The molecular weight excluding hydrogens is 375 g/mol. The Morgan fingerprint density at radius 1 is 0.600 bits per heavy atom. The van der Waals surface area contributed by atoms with E-state index < -0.39 is 0 Å². The second-order valence-corrected chi connectivity index (χ2v) is 6.79. The van der Waals surface area contributed by atoms with E-state index in [0.29, 0.717) is 10.0 Å². The Balaban J connectivity index is 1.66. The molecule has 0 radical (unpaired) electrons. The normalized spacial score (nSPS) is 10.8. The van der Waals surface area contributed by atoms with Crippen molar-refractivity contribution in [3.63, 3.8) is 0 Å². The first-order valence-electron chi connectivity index (χ1n) is 7.49. The van der Waals surface area contributed by atoms with Crippen LogP contribution in [0.1, 0.15) is 0 Å². The Kier molecular flexibility index (Phi) is 4.44. The van der Waals surface area contributed by atoms with Crippen molar-refractivity contribution in [3.8, 4) is 0 Å². The van der Waals surface area contributed by atoms with Crippen LogP contribution in [0.2, 0.25) is 10.0 Å². The first kappa shape index (κ1) is 16.1. The van der Waals surface area contributed by atoms with Crippen LogP contribution in [0.15, 0.2) is 60.7 Å². The molecule has 4 rings (SSSR count). The highest BCUT2D eigenvalue weighted by molar-refractivity contribution is 7.00. The molecule has 0 aliphatic carbocycles. The molecule has 4 nitrogen and oxygen atoms in total. The summed E-state index contributed by atoms with van der Waals surface area (Å²) >= 11 is 13.1. The molecule has 3 aromatic carbocycles. The van der Waals surface area contributed by atoms with Crippen LogP contribution in [0.3, 0.4) is 0 Å². The molecule has 0 saturated carbocycles. The fourth-order valence-corrected chi connectivity index (χ4v) is 3.27. The fraction of sp³-hybridized carbons (Fsp3) is 0. The zero-order chi connectivity index (χ0) is 17.2. The summed E-state index contributed by atoms with van der Waals surface area (Å²) in [5.74, 6) is 0. The molecule has 0 saturated heterocycles. The summed E-state index contributed by atoms with van der Waals surface area (Å²) in [6.45, 7) is 0. The molecular formula is C18H12Cl2N4S. The number of rotatable bonds is 4. The van der Waals surface area contributed by atoms with E-state index in [4.69, 9.17) is 23.2 Å². The molecule has 124 valence electrons. The van der Waals surface area contributed by atoms with Crippen molar-refractivity contribution in [1.29, 1.82) is 0 Å². The molecule has 0 fully saturated rings. The number of anilines is 4. The zero-order valence-corrected chi connectivity index (χ0v) is 15.2. The Morgan fingerprint density at radius 2 is 1.00 bits per heavy atom. The molecule has 25 heavy (non-hydrogen) atoms. The predicted molar refractivity (Wildman–Crippen MR) is 107 cm³/mol. The van der Waals surface area contributed by atoms with Gasteiger partial charge in [-0.05, 0) is 60.7 Å². The van der Waals surface area contributed by atoms with Crippen LogP contribution in [-0.4, -0.2) is 8.75 Å². The Hall–Kier alpha value is -2.34. The topological polar surface area (TPSA) is 49.8 Å². The van der Waals surface area contributed by atoms with Gasteiger partial charge in [-0.15, -0.1) is 0 Å². The Bertz CT molecular complexity index is 932. The van der Waals surface area contributed by atoms with Gasteiger partial charge in [-0.1, -0.05) is 23.2 Å². The van der Waals surface area contributed by atoms with Crippen LogP contribution >= 0.6 is 34.9 Å². The van der Waals surface area contributed by atoms with Crippen molar-refractivity contribution in [2.75, 3.05) is 10.6 Å². The molecule has 2 N–H and O–H groups in total. The highest BCUT2D eigenvalue weighted by Crippen LogP contribution is 2.32. The molecule has 0 spiro atoms. The van der Waals surface area contributed by atoms with Crippen LogP contribution < -0.4 is 10.6 Å². The van der Waals surface area contributed by atoms with Crippen LogP contribution in [0.4, 0.5) is 22.7 Å². The first-order valence-corrected chi connectivity index (χ1v) is 8.98. The second-order valence-electron chi connectivity index (χ2n) is 5.39. The third kappa shape index (κ3) is 3.54. The van der Waals surface area contributed by atoms with Gasteiger partial charge in [-0.2, -0.15) is 8.75 Å². The Morgan fingerprint density at radius 3 is 1.40 bits per heavy atom. The van der Waals surface area contributed by atoms with Gasteiger partial charge in [-0.25, -0.2) is 0 Å². The summed E-state index contributed by atoms with van der Waals surface area (Å²) in [6, 6.07) is 19.0. The molecule has 0 aliphatic rings. The molecule has 7 heteroatoms. The SMILES string of the molecule is Clc1ccc(Nc2ccc(Nc3ccc(Cl)cc3)c3nsnc23)cc1. The lowest BCUT2D eigenvalue weighted by Crippen LogP contribution is -1.95. The highest BCUT2D eigenvalue weighted by atomic mass is 35.5. The lowest BCUT2D eigenvalue weighted by atomic mass is 10.2. The lowest BCUT2D eigenvalue weighted by molar-refractivity contribution is 1.52. The number of hydrogen-bond donors (Lipinski definition) is 2. The van der Waals surface area contributed by atoms with Gasteiger partial charge < -0.3 is 10.6 Å². The van der Waals surface area contributed by atoms with Crippen LogP contribution in [-0.2, 0) is 0 Å². The number of nitrogens with zero attached hydrogens (tertiary/aromatic N) is 2. The standard InChI is InChI=1S/C18H12Cl2N4S/c19-11-1-5-13(6-2-11)21-15-9-10-16(18-17(15)23-25-24-18)22-14-7-3-12(20)4-8-14/h1-10,21-22H. The van der Waals surface area contributed by atoms with Crippen LogP contribution in [0.5, 0.6) is 0 Å². The molecule has 1 heterocycles. The fourth-order valence-electron chi connectivity index (χ4n) is 2.45. The summed E-state index contributed by atoms with van der Waals surface area (Å²) in [4.78, 5) is 0. The van der Waals surface area contributed by atoms with E-state index in [0.717, 1.165) is 33.8 Å². The maximum absolute atomic E-state index is 5.93. The quantitative estimate of drug-likeness (QED) is 0.421. The van der Waals surface area contributed by atoms with E-state index >= 15 is 0 Å². The number of benzene rings is 3. The van der Waals surface area contributed by atoms with E-state index in [-0.39, 0.29) is 0 Å². The van der Waals surface area contributed by atoms with Gasteiger partial charge in [0, 0.05) is 21.4 Å². The van der Waals surface area contributed by atoms with E-state index in [2.05, 4.69) is 19.4 Å². The smallest absolute Gasteiger partial charge is 0.130 e. The lowest BCUT2D eigenvalue weighted by Gasteiger charge is -2.11. The summed E-state index contributed by atoms with van der Waals surface area (Å²) in [6.07, 6.45) is 0. The van der Waals surface area contributed by atoms with Crippen molar-refractivity contribution in [2.45, 2.75) is 0 Å². The summed E-state index contributed by atoms with van der Waals surface area (Å²) < 4.78 is 8.86. The largest absolute Gasteiger partial charge is 0.354 e. The number of nitrogens with one attached hydrogen (secondary N) is 2. The van der Waals surface area contributed by atoms with Gasteiger partial charge in [0.05, 0.1) is 23.1 Å². The van der Waals surface area contributed by atoms with E-state index in [1.54, 1.807) is 0 Å². The van der Waals surface area contributed by atoms with Crippen LogP contribution in [0, 0.1) is 0 Å². The molecule has 1 aromatic heterocycles. The average molecular weight is 387 g/mol.